The van der Waals surface area contributed by atoms with Crippen molar-refractivity contribution in [2.24, 2.45) is 0 Å². The van der Waals surface area contributed by atoms with Gasteiger partial charge in [0.05, 0.1) is 0 Å². The molecule has 166 valence electrons. The van der Waals surface area contributed by atoms with Crippen LogP contribution in [0.3, 0.4) is 0 Å². The molecule has 1 fully saturated rings. The highest BCUT2D eigenvalue weighted by Crippen LogP contribution is 2.28. The van der Waals surface area contributed by atoms with Crippen molar-refractivity contribution >= 4 is 17.5 Å². The Morgan fingerprint density at radius 1 is 1.03 bits per heavy atom. The molecule has 3 rings (SSSR count). The Labute approximate surface area is 185 Å². The molecule has 1 saturated carbocycles. The van der Waals surface area contributed by atoms with Gasteiger partial charge in [-0.3, -0.25) is 9.59 Å². The van der Waals surface area contributed by atoms with Crippen LogP contribution < -0.4 is 15.4 Å². The molecule has 0 unspecified atom stereocenters. The highest BCUT2D eigenvalue weighted by molar-refractivity contribution is 5.97. The van der Waals surface area contributed by atoms with Crippen LogP contribution >= 0.6 is 0 Å². The summed E-state index contributed by atoms with van der Waals surface area (Å²) < 4.78 is 5.63. The molecule has 0 atom stereocenters. The monoisotopic (exact) mass is 422 g/mol. The van der Waals surface area contributed by atoms with Crippen LogP contribution in [0.4, 0.5) is 5.69 Å². The van der Waals surface area contributed by atoms with Crippen molar-refractivity contribution in [1.82, 2.24) is 5.32 Å². The average Bonchev–Trinajstić information content (AvgIpc) is 2.79. The zero-order valence-corrected chi connectivity index (χ0v) is 18.9. The second-order valence-electron chi connectivity index (χ2n) is 8.99. The molecule has 5 heteroatoms. The molecule has 1 aliphatic rings. The number of hydrogen-bond acceptors (Lipinski definition) is 3. The number of ether oxygens (including phenoxy) is 1. The maximum Gasteiger partial charge on any atom is 0.262 e. The quantitative estimate of drug-likeness (QED) is 0.594. The first-order valence-corrected chi connectivity index (χ1v) is 11.3. The zero-order chi connectivity index (χ0) is 22.3. The van der Waals surface area contributed by atoms with Gasteiger partial charge in [0.2, 0.25) is 0 Å². The Morgan fingerprint density at radius 3 is 2.42 bits per heavy atom. The molecule has 0 aromatic heterocycles. The van der Waals surface area contributed by atoms with E-state index in [2.05, 4.69) is 31.4 Å². The first kappa shape index (κ1) is 22.9. The third kappa shape index (κ3) is 6.58. The lowest BCUT2D eigenvalue weighted by Gasteiger charge is -2.23. The molecule has 2 amide bonds. The van der Waals surface area contributed by atoms with Crippen molar-refractivity contribution < 1.29 is 14.3 Å². The molecule has 0 bridgehead atoms. The minimum absolute atomic E-state index is 0.0883. The first-order chi connectivity index (χ1) is 14.9. The summed E-state index contributed by atoms with van der Waals surface area (Å²) in [5, 5.41) is 5.92. The first-order valence-electron chi connectivity index (χ1n) is 11.3. The molecule has 0 aliphatic heterocycles. The van der Waals surface area contributed by atoms with E-state index in [9.17, 15) is 9.59 Å². The molecule has 1 aliphatic carbocycles. The van der Waals surface area contributed by atoms with Crippen LogP contribution in [0.15, 0.2) is 48.5 Å². The Balaban J connectivity index is 1.51. The fourth-order valence-corrected chi connectivity index (χ4v) is 3.81. The van der Waals surface area contributed by atoms with E-state index in [0.717, 1.165) is 19.3 Å². The number of carbonyl (C=O) groups excluding carboxylic acids is 2. The van der Waals surface area contributed by atoms with Crippen LogP contribution in [0.5, 0.6) is 5.75 Å². The van der Waals surface area contributed by atoms with Gasteiger partial charge >= 0.3 is 0 Å². The van der Waals surface area contributed by atoms with Crippen molar-refractivity contribution in [3.05, 3.63) is 59.7 Å². The van der Waals surface area contributed by atoms with Gasteiger partial charge in [0, 0.05) is 17.3 Å². The number of nitrogens with one attached hydrogen (secondary N) is 2. The van der Waals surface area contributed by atoms with Crippen LogP contribution in [0.2, 0.25) is 0 Å². The standard InChI is InChI=1S/C26H34N2O3/c1-4-26(2,3)20-13-15-23(16-14-20)31-18-24(29)27-22-12-8-9-19(17-22)25(30)28-21-10-6-5-7-11-21/h8-9,12-17,21H,4-7,10-11,18H2,1-3H3,(H,27,29)(H,28,30). The van der Waals surface area contributed by atoms with E-state index in [1.807, 2.05) is 24.3 Å². The summed E-state index contributed by atoms with van der Waals surface area (Å²) in [6.45, 7) is 6.50. The lowest BCUT2D eigenvalue weighted by Crippen LogP contribution is -2.36. The van der Waals surface area contributed by atoms with Crippen LogP contribution in [0, 0.1) is 0 Å². The smallest absolute Gasteiger partial charge is 0.262 e. The number of benzene rings is 2. The summed E-state index contributed by atoms with van der Waals surface area (Å²) in [5.74, 6) is 0.309. The lowest BCUT2D eigenvalue weighted by molar-refractivity contribution is -0.118. The maximum absolute atomic E-state index is 12.5. The van der Waals surface area contributed by atoms with Gasteiger partial charge < -0.3 is 15.4 Å². The molecular formula is C26H34N2O3. The van der Waals surface area contributed by atoms with Crippen molar-refractivity contribution in [3.8, 4) is 5.75 Å². The van der Waals surface area contributed by atoms with E-state index in [-0.39, 0.29) is 29.9 Å². The number of hydrogen-bond donors (Lipinski definition) is 2. The Bertz CT molecular complexity index is 884. The molecule has 0 heterocycles. The van der Waals surface area contributed by atoms with E-state index >= 15 is 0 Å². The molecule has 0 spiro atoms. The average molecular weight is 423 g/mol. The molecule has 31 heavy (non-hydrogen) atoms. The zero-order valence-electron chi connectivity index (χ0n) is 18.9. The molecule has 0 saturated heterocycles. The van der Waals surface area contributed by atoms with Gasteiger partial charge in [-0.1, -0.05) is 58.2 Å². The fraction of sp³-hybridized carbons (Fsp3) is 0.462. The Hall–Kier alpha value is -2.82. The highest BCUT2D eigenvalue weighted by Gasteiger charge is 2.18. The second-order valence-corrected chi connectivity index (χ2v) is 8.99. The van der Waals surface area contributed by atoms with Crippen LogP contribution in [0.1, 0.15) is 75.2 Å². The summed E-state index contributed by atoms with van der Waals surface area (Å²) >= 11 is 0. The van der Waals surface area contributed by atoms with E-state index in [4.69, 9.17) is 4.74 Å². The number of anilines is 1. The minimum Gasteiger partial charge on any atom is -0.484 e. The van der Waals surface area contributed by atoms with Crippen molar-refractivity contribution in [1.29, 1.82) is 0 Å². The van der Waals surface area contributed by atoms with Crippen LogP contribution in [-0.4, -0.2) is 24.5 Å². The number of carbonyl (C=O) groups is 2. The van der Waals surface area contributed by atoms with Gasteiger partial charge in [-0.05, 0) is 60.6 Å². The fourth-order valence-electron chi connectivity index (χ4n) is 3.81. The largest absolute Gasteiger partial charge is 0.484 e. The Kier molecular flexibility index (Phi) is 7.72. The molecule has 2 aromatic carbocycles. The SMILES string of the molecule is CCC(C)(C)c1ccc(OCC(=O)Nc2cccc(C(=O)NC3CCCCC3)c2)cc1. The van der Waals surface area contributed by atoms with Gasteiger partial charge in [0.1, 0.15) is 5.75 Å². The topological polar surface area (TPSA) is 67.4 Å². The van der Waals surface area contributed by atoms with Gasteiger partial charge in [-0.2, -0.15) is 0 Å². The maximum atomic E-state index is 12.5. The molecular weight excluding hydrogens is 388 g/mol. The molecule has 2 aromatic rings. The second kappa shape index (κ2) is 10.5. The number of amides is 2. The van der Waals surface area contributed by atoms with Gasteiger partial charge in [0.25, 0.3) is 11.8 Å². The van der Waals surface area contributed by atoms with Crippen molar-refractivity contribution in [2.45, 2.75) is 70.8 Å². The highest BCUT2D eigenvalue weighted by atomic mass is 16.5. The van der Waals surface area contributed by atoms with Gasteiger partial charge in [-0.25, -0.2) is 0 Å². The van der Waals surface area contributed by atoms with E-state index in [1.54, 1.807) is 24.3 Å². The lowest BCUT2D eigenvalue weighted by atomic mass is 9.82. The molecule has 0 radical (unpaired) electrons. The predicted octanol–water partition coefficient (Wildman–Crippen LogP) is 5.45. The number of rotatable bonds is 8. The van der Waals surface area contributed by atoms with E-state index in [1.165, 1.54) is 24.8 Å². The summed E-state index contributed by atoms with van der Waals surface area (Å²) in [4.78, 5) is 24.9. The minimum atomic E-state index is -0.261. The van der Waals surface area contributed by atoms with Crippen LogP contribution in [0.25, 0.3) is 0 Å². The normalized spacial score (nSPS) is 14.7. The van der Waals surface area contributed by atoms with Gasteiger partial charge in [0.15, 0.2) is 6.61 Å². The van der Waals surface area contributed by atoms with E-state index in [0.29, 0.717) is 17.0 Å². The Morgan fingerprint density at radius 2 is 1.74 bits per heavy atom. The van der Waals surface area contributed by atoms with Crippen molar-refractivity contribution in [2.75, 3.05) is 11.9 Å². The molecule has 2 N–H and O–H groups in total. The van der Waals surface area contributed by atoms with E-state index < -0.39 is 0 Å². The third-order valence-corrected chi connectivity index (χ3v) is 6.24. The summed E-state index contributed by atoms with van der Waals surface area (Å²) in [6, 6.07) is 15.2. The summed E-state index contributed by atoms with van der Waals surface area (Å²) in [7, 11) is 0. The van der Waals surface area contributed by atoms with Crippen LogP contribution in [-0.2, 0) is 10.2 Å². The van der Waals surface area contributed by atoms with Gasteiger partial charge in [-0.15, -0.1) is 0 Å². The summed E-state index contributed by atoms with van der Waals surface area (Å²) in [6.07, 6.45) is 6.71. The molecule has 5 nitrogen and oxygen atoms in total. The predicted molar refractivity (Wildman–Crippen MR) is 125 cm³/mol. The third-order valence-electron chi connectivity index (χ3n) is 6.24. The summed E-state index contributed by atoms with van der Waals surface area (Å²) in [5.41, 5.74) is 2.50. The van der Waals surface area contributed by atoms with Crippen molar-refractivity contribution in [3.63, 3.8) is 0 Å².